The van der Waals surface area contributed by atoms with Gasteiger partial charge in [0.05, 0.1) is 18.1 Å². The maximum Gasteiger partial charge on any atom is 0.326 e. The van der Waals surface area contributed by atoms with Crippen LogP contribution >= 0.6 is 11.8 Å². The van der Waals surface area contributed by atoms with Gasteiger partial charge in [0.25, 0.3) is 5.91 Å². The Labute approximate surface area is 238 Å². The number of carbonyl (C=O) groups excluding carboxylic acids is 1. The third kappa shape index (κ3) is 7.48. The van der Waals surface area contributed by atoms with Gasteiger partial charge in [-0.2, -0.15) is 11.8 Å². The summed E-state index contributed by atoms with van der Waals surface area (Å²) < 4.78 is 14.1. The van der Waals surface area contributed by atoms with Gasteiger partial charge in [0.1, 0.15) is 11.9 Å². The molecule has 8 heteroatoms. The van der Waals surface area contributed by atoms with Crippen molar-refractivity contribution in [1.82, 2.24) is 10.3 Å². The Morgan fingerprint density at radius 1 is 0.950 bits per heavy atom. The van der Waals surface area contributed by atoms with Crippen LogP contribution in [0.1, 0.15) is 33.5 Å². The molecule has 1 heterocycles. The molecule has 40 heavy (non-hydrogen) atoms. The van der Waals surface area contributed by atoms with Crippen LogP contribution in [0, 0.1) is 12.7 Å². The quantitative estimate of drug-likeness (QED) is 0.212. The van der Waals surface area contributed by atoms with E-state index in [1.807, 2.05) is 84.8 Å². The molecule has 0 fully saturated rings. The van der Waals surface area contributed by atoms with Crippen molar-refractivity contribution in [2.45, 2.75) is 32.5 Å². The number of carbonyl (C=O) groups is 2. The molecule has 4 rings (SSSR count). The first-order valence-corrected chi connectivity index (χ1v) is 14.4. The Kier molecular flexibility index (Phi) is 9.91. The Morgan fingerprint density at radius 3 is 2.38 bits per heavy atom. The SMILES string of the molecule is CSCCC(NC(=O)c1ccc(CN(Cc2ccccc2)c2cncc(F)c2)cc1-c1ccccc1C)C(=O)O. The number of nitrogens with one attached hydrogen (secondary N) is 1. The summed E-state index contributed by atoms with van der Waals surface area (Å²) in [6.07, 6.45) is 5.04. The zero-order valence-corrected chi connectivity index (χ0v) is 23.3. The molecule has 0 saturated carbocycles. The predicted molar refractivity (Wildman–Crippen MR) is 159 cm³/mol. The van der Waals surface area contributed by atoms with E-state index < -0.39 is 23.7 Å². The third-order valence-corrected chi connectivity index (χ3v) is 7.27. The molecule has 4 aromatic rings. The molecule has 6 nitrogen and oxygen atoms in total. The van der Waals surface area contributed by atoms with Crippen LogP contribution < -0.4 is 10.2 Å². The number of hydrogen-bond donors (Lipinski definition) is 2. The Morgan fingerprint density at radius 2 is 1.68 bits per heavy atom. The fourth-order valence-electron chi connectivity index (χ4n) is 4.55. The minimum atomic E-state index is -1.06. The van der Waals surface area contributed by atoms with E-state index in [4.69, 9.17) is 0 Å². The number of pyridine rings is 1. The van der Waals surface area contributed by atoms with Crippen LogP contribution in [0.5, 0.6) is 0 Å². The van der Waals surface area contributed by atoms with Crippen LogP contribution in [0.25, 0.3) is 11.1 Å². The number of aliphatic carboxylic acids is 1. The van der Waals surface area contributed by atoms with Crippen molar-refractivity contribution in [2.75, 3.05) is 16.9 Å². The maximum atomic E-state index is 14.1. The van der Waals surface area contributed by atoms with E-state index in [9.17, 15) is 19.1 Å². The van der Waals surface area contributed by atoms with Crippen LogP contribution in [-0.4, -0.2) is 40.0 Å². The van der Waals surface area contributed by atoms with Crippen molar-refractivity contribution >= 4 is 29.3 Å². The summed E-state index contributed by atoms with van der Waals surface area (Å²) in [5.74, 6) is -1.30. The number of carboxylic acids is 1. The first-order chi connectivity index (χ1) is 19.4. The number of benzene rings is 3. The molecule has 0 aliphatic rings. The minimum absolute atomic E-state index is 0.330. The summed E-state index contributed by atoms with van der Waals surface area (Å²) >= 11 is 1.53. The second kappa shape index (κ2) is 13.8. The van der Waals surface area contributed by atoms with Crippen LogP contribution in [0.2, 0.25) is 0 Å². The van der Waals surface area contributed by atoms with Crippen LogP contribution in [0.3, 0.4) is 0 Å². The number of rotatable bonds is 12. The van der Waals surface area contributed by atoms with E-state index in [2.05, 4.69) is 10.3 Å². The van der Waals surface area contributed by atoms with Crippen molar-refractivity contribution in [3.63, 3.8) is 0 Å². The van der Waals surface area contributed by atoms with E-state index in [0.717, 1.165) is 22.3 Å². The molecule has 0 aliphatic carbocycles. The number of amides is 1. The molecule has 3 aromatic carbocycles. The van der Waals surface area contributed by atoms with Crippen LogP contribution in [0.15, 0.2) is 91.3 Å². The highest BCUT2D eigenvalue weighted by molar-refractivity contribution is 7.98. The average molecular weight is 558 g/mol. The average Bonchev–Trinajstić information content (AvgIpc) is 2.95. The fourth-order valence-corrected chi connectivity index (χ4v) is 5.02. The lowest BCUT2D eigenvalue weighted by atomic mass is 9.93. The zero-order valence-electron chi connectivity index (χ0n) is 22.5. The fraction of sp³-hybridized carbons (Fsp3) is 0.219. The molecule has 0 spiro atoms. The largest absolute Gasteiger partial charge is 0.480 e. The van der Waals surface area contributed by atoms with E-state index in [0.29, 0.717) is 42.1 Å². The van der Waals surface area contributed by atoms with Gasteiger partial charge in [-0.1, -0.05) is 60.7 Å². The minimum Gasteiger partial charge on any atom is -0.480 e. The maximum absolute atomic E-state index is 14.1. The number of nitrogens with zero attached hydrogens (tertiary/aromatic N) is 2. The molecule has 1 unspecified atom stereocenters. The summed E-state index contributed by atoms with van der Waals surface area (Å²) in [7, 11) is 0. The summed E-state index contributed by atoms with van der Waals surface area (Å²) in [6.45, 7) is 2.94. The molecule has 0 aliphatic heterocycles. The van der Waals surface area contributed by atoms with Gasteiger partial charge in [-0.3, -0.25) is 9.78 Å². The van der Waals surface area contributed by atoms with Crippen molar-refractivity contribution in [1.29, 1.82) is 0 Å². The van der Waals surface area contributed by atoms with Gasteiger partial charge in [0.2, 0.25) is 0 Å². The van der Waals surface area contributed by atoms with E-state index >= 15 is 0 Å². The number of hydrogen-bond acceptors (Lipinski definition) is 5. The molecule has 0 radical (unpaired) electrons. The van der Waals surface area contributed by atoms with Gasteiger partial charge in [0.15, 0.2) is 0 Å². The number of carboxylic acid groups (broad SMARTS) is 1. The summed E-state index contributed by atoms with van der Waals surface area (Å²) in [5, 5.41) is 12.4. The molecule has 1 aromatic heterocycles. The zero-order chi connectivity index (χ0) is 28.5. The van der Waals surface area contributed by atoms with Gasteiger partial charge in [-0.25, -0.2) is 9.18 Å². The third-order valence-electron chi connectivity index (χ3n) is 6.62. The molecule has 1 atom stereocenters. The Hall–Kier alpha value is -4.17. The lowest BCUT2D eigenvalue weighted by Gasteiger charge is -2.26. The van der Waals surface area contributed by atoms with Crippen LogP contribution in [-0.2, 0) is 17.9 Å². The molecule has 206 valence electrons. The molecule has 1 amide bonds. The molecular weight excluding hydrogens is 525 g/mol. The number of thioether (sulfide) groups is 1. The summed E-state index contributed by atoms with van der Waals surface area (Å²) in [5.41, 5.74) is 5.59. The summed E-state index contributed by atoms with van der Waals surface area (Å²) in [4.78, 5) is 31.3. The lowest BCUT2D eigenvalue weighted by molar-refractivity contribution is -0.139. The number of anilines is 1. The highest BCUT2D eigenvalue weighted by Crippen LogP contribution is 2.30. The number of aryl methyl sites for hydroxylation is 1. The number of halogens is 1. The number of aromatic nitrogens is 1. The predicted octanol–water partition coefficient (Wildman–Crippen LogP) is 6.34. The second-order valence-corrected chi connectivity index (χ2v) is 10.5. The normalized spacial score (nSPS) is 11.6. The van der Waals surface area contributed by atoms with Gasteiger partial charge >= 0.3 is 5.97 Å². The molecule has 0 bridgehead atoms. The van der Waals surface area contributed by atoms with Crippen LogP contribution in [0.4, 0.5) is 10.1 Å². The van der Waals surface area contributed by atoms with Crippen molar-refractivity contribution in [2.24, 2.45) is 0 Å². The lowest BCUT2D eigenvalue weighted by Crippen LogP contribution is -2.41. The van der Waals surface area contributed by atoms with E-state index in [1.54, 1.807) is 12.3 Å². The van der Waals surface area contributed by atoms with Gasteiger partial charge in [-0.15, -0.1) is 0 Å². The van der Waals surface area contributed by atoms with Crippen molar-refractivity contribution in [3.8, 4) is 11.1 Å². The van der Waals surface area contributed by atoms with Gasteiger partial charge in [-0.05, 0) is 65.3 Å². The van der Waals surface area contributed by atoms with E-state index in [1.165, 1.54) is 24.0 Å². The van der Waals surface area contributed by atoms with Crippen molar-refractivity contribution in [3.05, 3.63) is 119 Å². The highest BCUT2D eigenvalue weighted by atomic mass is 32.2. The van der Waals surface area contributed by atoms with Crippen molar-refractivity contribution < 1.29 is 19.1 Å². The topological polar surface area (TPSA) is 82.5 Å². The second-order valence-electron chi connectivity index (χ2n) is 9.54. The standard InChI is InChI=1S/C32H32FN3O3S/c1-22-8-6-7-11-27(22)29-16-24(12-13-28(29)31(37)35-30(32(38)39)14-15-40-2)21-36(20-23-9-4-3-5-10-23)26-17-25(33)18-34-19-26/h3-13,16-19,30H,14-15,20-21H2,1-2H3,(H,35,37)(H,38,39). The molecule has 2 N–H and O–H groups in total. The van der Waals surface area contributed by atoms with Gasteiger partial charge < -0.3 is 15.3 Å². The van der Waals surface area contributed by atoms with E-state index in [-0.39, 0.29) is 0 Å². The molecular formula is C32H32FN3O3S. The monoisotopic (exact) mass is 557 g/mol. The smallest absolute Gasteiger partial charge is 0.326 e. The summed E-state index contributed by atoms with van der Waals surface area (Å²) in [6, 6.07) is 23.7. The first-order valence-electron chi connectivity index (χ1n) is 13.0. The molecule has 0 saturated heterocycles. The highest BCUT2D eigenvalue weighted by Gasteiger charge is 2.23. The first kappa shape index (κ1) is 28.8. The Bertz CT molecular complexity index is 1460. The van der Waals surface area contributed by atoms with Gasteiger partial charge in [0, 0.05) is 24.7 Å². The Balaban J connectivity index is 1.72.